The summed E-state index contributed by atoms with van der Waals surface area (Å²) < 4.78 is 68.3. The third-order valence-corrected chi connectivity index (χ3v) is 11.6. The quantitative estimate of drug-likeness (QED) is 0.0764. The van der Waals surface area contributed by atoms with E-state index in [9.17, 15) is 32.8 Å². The highest BCUT2D eigenvalue weighted by molar-refractivity contribution is 6.09. The first-order valence-corrected chi connectivity index (χ1v) is 21.6. The zero-order valence-corrected chi connectivity index (χ0v) is 37.7. The minimum Gasteiger partial charge on any atom is -0.494 e. The molecular formula is C48H50F4N10O5. The number of alkyl halides is 3. The lowest BCUT2D eigenvalue weighted by Gasteiger charge is -2.35. The Morgan fingerprint density at radius 2 is 1.70 bits per heavy atom. The van der Waals surface area contributed by atoms with E-state index in [2.05, 4.69) is 36.8 Å². The van der Waals surface area contributed by atoms with Crippen LogP contribution in [0, 0.1) is 22.6 Å². The topological polar surface area (TPSA) is 183 Å². The van der Waals surface area contributed by atoms with Crippen LogP contribution in [-0.2, 0) is 25.3 Å². The summed E-state index contributed by atoms with van der Waals surface area (Å²) in [7, 11) is 0. The molecule has 7 rings (SSSR count). The van der Waals surface area contributed by atoms with E-state index in [0.29, 0.717) is 55.6 Å². The van der Waals surface area contributed by atoms with Crippen molar-refractivity contribution in [1.82, 2.24) is 35.1 Å². The van der Waals surface area contributed by atoms with Gasteiger partial charge in [0.05, 0.1) is 59.4 Å². The molecule has 5 heterocycles. The predicted octanol–water partition coefficient (Wildman–Crippen LogP) is 8.13. The molecule has 15 nitrogen and oxygen atoms in total. The van der Waals surface area contributed by atoms with E-state index in [-0.39, 0.29) is 30.3 Å². The Kier molecular flexibility index (Phi) is 13.8. The molecule has 2 fully saturated rings. The molecule has 2 saturated heterocycles. The van der Waals surface area contributed by atoms with Crippen LogP contribution in [0.3, 0.4) is 0 Å². The van der Waals surface area contributed by atoms with Gasteiger partial charge in [-0.1, -0.05) is 27.4 Å². The molecule has 3 aromatic heterocycles. The minimum absolute atomic E-state index is 0.0913. The van der Waals surface area contributed by atoms with Crippen LogP contribution >= 0.6 is 0 Å². The number of amides is 3. The number of hydrogen-bond donors (Lipinski definition) is 2. The fraction of sp³-hybridized carbons (Fsp3) is 0.375. The van der Waals surface area contributed by atoms with Crippen molar-refractivity contribution in [1.29, 1.82) is 5.26 Å². The fourth-order valence-corrected chi connectivity index (χ4v) is 8.23. The number of hydrogen-bond acceptors (Lipinski definition) is 11. The number of rotatable bonds is 15. The summed E-state index contributed by atoms with van der Waals surface area (Å²) in [5, 5.41) is 12.1. The lowest BCUT2D eigenvalue weighted by atomic mass is 9.85. The van der Waals surface area contributed by atoms with Gasteiger partial charge < -0.3 is 29.6 Å². The van der Waals surface area contributed by atoms with Gasteiger partial charge in [0.25, 0.3) is 5.91 Å². The van der Waals surface area contributed by atoms with Gasteiger partial charge in [-0.25, -0.2) is 19.3 Å². The van der Waals surface area contributed by atoms with Gasteiger partial charge in [0.1, 0.15) is 47.5 Å². The number of anilines is 2. The number of likely N-dealkylation sites (tertiary alicyclic amines) is 1. The summed E-state index contributed by atoms with van der Waals surface area (Å²) in [6.07, 6.45) is 5.66. The maximum atomic E-state index is 15.4. The molecule has 19 heteroatoms. The molecule has 2 N–H and O–H groups in total. The Labute approximate surface area is 384 Å². The van der Waals surface area contributed by atoms with Crippen molar-refractivity contribution in [3.8, 4) is 34.3 Å². The number of aromatic amines is 1. The van der Waals surface area contributed by atoms with Gasteiger partial charge in [0, 0.05) is 36.7 Å². The molecule has 0 saturated carbocycles. The van der Waals surface area contributed by atoms with Gasteiger partial charge in [-0.2, -0.15) is 18.4 Å². The van der Waals surface area contributed by atoms with Crippen molar-refractivity contribution in [2.75, 3.05) is 36.2 Å². The van der Waals surface area contributed by atoms with E-state index >= 15 is 4.39 Å². The van der Waals surface area contributed by atoms with E-state index in [1.54, 1.807) is 47.8 Å². The van der Waals surface area contributed by atoms with Gasteiger partial charge >= 0.3 is 6.18 Å². The Balaban J connectivity index is 0.863. The molecule has 0 aliphatic carbocycles. The molecule has 0 bridgehead atoms. The van der Waals surface area contributed by atoms with Crippen LogP contribution in [0.1, 0.15) is 83.3 Å². The predicted molar refractivity (Wildman–Crippen MR) is 239 cm³/mol. The van der Waals surface area contributed by atoms with Gasteiger partial charge in [0.2, 0.25) is 11.8 Å². The number of halogens is 4. The number of benzene rings is 2. The highest BCUT2D eigenvalue weighted by Crippen LogP contribution is 2.44. The highest BCUT2D eigenvalue weighted by atomic mass is 19.4. The van der Waals surface area contributed by atoms with Crippen molar-refractivity contribution < 1.29 is 41.4 Å². The molecule has 0 unspecified atom stereocenters. The summed E-state index contributed by atoms with van der Waals surface area (Å²) >= 11 is 0. The average Bonchev–Trinajstić information content (AvgIpc) is 4.02. The number of carbonyl (C=O) groups excluding carboxylic acids is 3. The number of nitrogens with one attached hydrogen (secondary N) is 2. The number of nitriles is 1. The molecule has 0 radical (unpaired) electrons. The zero-order chi connectivity index (χ0) is 48.3. The van der Waals surface area contributed by atoms with Crippen molar-refractivity contribution in [3.63, 3.8) is 0 Å². The van der Waals surface area contributed by atoms with E-state index in [0.717, 1.165) is 46.7 Å². The van der Waals surface area contributed by atoms with Crippen molar-refractivity contribution in [2.24, 2.45) is 5.41 Å². The van der Waals surface area contributed by atoms with Crippen LogP contribution in [0.25, 0.3) is 22.5 Å². The zero-order valence-electron chi connectivity index (χ0n) is 37.7. The SMILES string of the molecule is C=C1N(c2ccc(C#N)c(C(F)(F)F)c2F)C(=O)C(C)(C)N1c1ccc(-c2ccc(OCCCCOCC(=O)N[C@H](C(=O)N3CCC[C@H]3c3ncc(-c4cncnc4)[nH]3)C(C)(C)C)cc2)nc1. The fourth-order valence-electron chi connectivity index (χ4n) is 8.23. The van der Waals surface area contributed by atoms with Crippen molar-refractivity contribution in [2.45, 2.75) is 84.1 Å². The molecule has 5 aromatic rings. The number of pyridine rings is 1. The molecule has 3 amide bonds. The smallest absolute Gasteiger partial charge is 0.420 e. The van der Waals surface area contributed by atoms with E-state index < -0.39 is 51.7 Å². The average molecular weight is 923 g/mol. The molecule has 2 aromatic carbocycles. The monoisotopic (exact) mass is 922 g/mol. The van der Waals surface area contributed by atoms with Crippen LogP contribution in [-0.4, -0.2) is 85.5 Å². The number of nitrogens with zero attached hydrogens (tertiary/aromatic N) is 8. The van der Waals surface area contributed by atoms with E-state index in [4.69, 9.17) is 9.47 Å². The number of carbonyl (C=O) groups is 3. The molecule has 67 heavy (non-hydrogen) atoms. The Bertz CT molecular complexity index is 2660. The second-order valence-corrected chi connectivity index (χ2v) is 17.8. The Morgan fingerprint density at radius 3 is 2.36 bits per heavy atom. The lowest BCUT2D eigenvalue weighted by molar-refractivity contribution is -0.141. The third kappa shape index (κ3) is 10.1. The van der Waals surface area contributed by atoms with E-state index in [1.165, 1.54) is 37.3 Å². The number of H-pyrrole nitrogens is 1. The van der Waals surface area contributed by atoms with Gasteiger partial charge in [0.15, 0.2) is 5.82 Å². The first-order chi connectivity index (χ1) is 31.8. The van der Waals surface area contributed by atoms with Crippen molar-refractivity contribution in [3.05, 3.63) is 115 Å². The molecule has 350 valence electrons. The highest BCUT2D eigenvalue weighted by Gasteiger charge is 2.51. The molecule has 2 atom stereocenters. The largest absolute Gasteiger partial charge is 0.494 e. The summed E-state index contributed by atoms with van der Waals surface area (Å²) in [4.78, 5) is 65.2. The van der Waals surface area contributed by atoms with Crippen LogP contribution in [0.2, 0.25) is 0 Å². The molecule has 2 aliphatic rings. The standard InChI is InChI=1S/C48H50F4N10O5/c1-29-61(37-18-13-31(22-53)40(41(37)49)48(50,51)52)45(65)47(5,6)62(29)33-14-17-35(56-25-33)30-11-15-34(16-12-30)67-21-8-7-20-66-27-39(63)59-42(46(2,3)4)44(64)60-19-9-10-38(60)43-57-26-36(58-43)32-23-54-28-55-24-32/h11-18,23-26,28,38,42H,1,7-10,19-21,27H2,2-6H3,(H,57,58)(H,59,63)/t38-,42+/m0/s1. The number of ether oxygens (including phenoxy) is 2. The molecular weight excluding hydrogens is 873 g/mol. The van der Waals surface area contributed by atoms with Crippen molar-refractivity contribution >= 4 is 29.1 Å². The minimum atomic E-state index is -5.18. The van der Waals surface area contributed by atoms with Gasteiger partial charge in [-0.05, 0) is 93.5 Å². The normalized spacial score (nSPS) is 16.6. The van der Waals surface area contributed by atoms with Gasteiger partial charge in [-0.15, -0.1) is 0 Å². The van der Waals surface area contributed by atoms with Crippen LogP contribution in [0.4, 0.5) is 28.9 Å². The van der Waals surface area contributed by atoms with Gasteiger partial charge in [-0.3, -0.25) is 24.3 Å². The van der Waals surface area contributed by atoms with Crippen LogP contribution in [0.15, 0.2) is 92.0 Å². The number of imidazole rings is 1. The summed E-state index contributed by atoms with van der Waals surface area (Å²) in [6, 6.07) is 12.7. The maximum Gasteiger partial charge on any atom is 0.420 e. The summed E-state index contributed by atoms with van der Waals surface area (Å²) in [5.74, 6) is -1.84. The molecule has 0 spiro atoms. The first-order valence-electron chi connectivity index (χ1n) is 21.6. The molecule has 2 aliphatic heterocycles. The summed E-state index contributed by atoms with van der Waals surface area (Å²) in [5.41, 5.74) is -2.03. The first kappa shape index (κ1) is 47.8. The Hall–Kier alpha value is -7.20. The van der Waals surface area contributed by atoms with Crippen LogP contribution < -0.4 is 19.9 Å². The second kappa shape index (κ2) is 19.3. The Morgan fingerprint density at radius 1 is 0.985 bits per heavy atom. The van der Waals surface area contributed by atoms with E-state index in [1.807, 2.05) is 32.9 Å². The second-order valence-electron chi connectivity index (χ2n) is 17.8. The van der Waals surface area contributed by atoms with Crippen LogP contribution in [0.5, 0.6) is 5.75 Å². The third-order valence-electron chi connectivity index (χ3n) is 11.6. The number of aromatic nitrogens is 5. The summed E-state index contributed by atoms with van der Waals surface area (Å²) in [6.45, 7) is 13.8. The number of unbranched alkanes of at least 4 members (excludes halogenated alkanes) is 1. The lowest BCUT2D eigenvalue weighted by Crippen LogP contribution is -2.55. The maximum absolute atomic E-state index is 15.4.